The average Bonchev–Trinajstić information content (AvgIpc) is 3.11. The maximum atomic E-state index is 12.2. The molecule has 7 heteroatoms. The van der Waals surface area contributed by atoms with Crippen LogP contribution in [0.25, 0.3) is 0 Å². The summed E-state index contributed by atoms with van der Waals surface area (Å²) in [4.78, 5) is 12.2. The third kappa shape index (κ3) is 4.48. The molecule has 1 aromatic heterocycles. The molecule has 0 aromatic carbocycles. The van der Waals surface area contributed by atoms with Gasteiger partial charge in [0.1, 0.15) is 10.6 Å². The molecule has 0 radical (unpaired) electrons. The molecule has 0 saturated heterocycles. The van der Waals surface area contributed by atoms with Crippen LogP contribution >= 0.6 is 10.7 Å². The number of hydrogen-bond acceptors (Lipinski definition) is 3. The van der Waals surface area contributed by atoms with E-state index in [1.54, 1.807) is 4.57 Å². The van der Waals surface area contributed by atoms with Crippen LogP contribution in [0.15, 0.2) is 17.2 Å². The molecule has 0 bridgehead atoms. The third-order valence-corrected chi connectivity index (χ3v) is 4.84. The summed E-state index contributed by atoms with van der Waals surface area (Å²) < 4.78 is 24.6. The van der Waals surface area contributed by atoms with Crippen molar-refractivity contribution in [3.05, 3.63) is 18.0 Å². The van der Waals surface area contributed by atoms with Crippen LogP contribution in [0.1, 0.15) is 56.1 Å². The van der Waals surface area contributed by atoms with E-state index in [0.29, 0.717) is 18.2 Å². The minimum atomic E-state index is -3.81. The minimum Gasteiger partial charge on any atom is -0.351 e. The molecule has 1 saturated carbocycles. The molecule has 118 valence electrons. The predicted octanol–water partition coefficient (Wildman–Crippen LogP) is 2.92. The molecule has 0 aliphatic heterocycles. The van der Waals surface area contributed by atoms with Crippen molar-refractivity contribution in [2.75, 3.05) is 6.54 Å². The number of carbonyl (C=O) groups is 1. The number of aromatic nitrogens is 1. The van der Waals surface area contributed by atoms with Crippen LogP contribution < -0.4 is 5.32 Å². The molecule has 1 heterocycles. The van der Waals surface area contributed by atoms with Gasteiger partial charge in [-0.25, -0.2) is 8.42 Å². The molecule has 21 heavy (non-hydrogen) atoms. The second kappa shape index (κ2) is 6.40. The van der Waals surface area contributed by atoms with Crippen LogP contribution in [0.5, 0.6) is 0 Å². The van der Waals surface area contributed by atoms with Crippen LogP contribution in [-0.2, 0) is 9.05 Å². The molecule has 1 fully saturated rings. The Labute approximate surface area is 130 Å². The molecular weight excluding hydrogens is 312 g/mol. The van der Waals surface area contributed by atoms with Crippen molar-refractivity contribution in [3.8, 4) is 0 Å². The lowest BCUT2D eigenvalue weighted by atomic mass is 10.1. The van der Waals surface area contributed by atoms with Gasteiger partial charge in [-0.05, 0) is 37.7 Å². The maximum absolute atomic E-state index is 12.2. The molecule has 0 unspecified atom stereocenters. The Bertz CT molecular complexity index is 618. The van der Waals surface area contributed by atoms with E-state index >= 15 is 0 Å². The minimum absolute atomic E-state index is 0.0107. The van der Waals surface area contributed by atoms with Gasteiger partial charge in [-0.15, -0.1) is 0 Å². The standard InChI is InChI=1S/C14H21ClN2O3S/c1-10(2)4-3-7-16-14(18)13-8-12(21(15,19)20)9-17(13)11-5-6-11/h8-11H,3-7H2,1-2H3,(H,16,18). The summed E-state index contributed by atoms with van der Waals surface area (Å²) in [6.07, 6.45) is 5.34. The molecule has 2 rings (SSSR count). The summed E-state index contributed by atoms with van der Waals surface area (Å²) >= 11 is 0. The number of nitrogens with one attached hydrogen (secondary N) is 1. The number of rotatable bonds is 7. The second-order valence-electron chi connectivity index (χ2n) is 5.93. The predicted molar refractivity (Wildman–Crippen MR) is 82.1 cm³/mol. The van der Waals surface area contributed by atoms with Gasteiger partial charge in [-0.1, -0.05) is 13.8 Å². The van der Waals surface area contributed by atoms with Crippen molar-refractivity contribution in [3.63, 3.8) is 0 Å². The van der Waals surface area contributed by atoms with Gasteiger partial charge in [0.15, 0.2) is 0 Å². The summed E-state index contributed by atoms with van der Waals surface area (Å²) in [5.41, 5.74) is 0.376. The van der Waals surface area contributed by atoms with E-state index in [0.717, 1.165) is 25.7 Å². The Balaban J connectivity index is 2.07. The summed E-state index contributed by atoms with van der Waals surface area (Å²) in [5.74, 6) is 0.363. The van der Waals surface area contributed by atoms with Gasteiger partial charge in [0.2, 0.25) is 0 Å². The van der Waals surface area contributed by atoms with E-state index in [1.165, 1.54) is 12.3 Å². The van der Waals surface area contributed by atoms with Crippen molar-refractivity contribution in [1.82, 2.24) is 9.88 Å². The van der Waals surface area contributed by atoms with Crippen LogP contribution in [0.4, 0.5) is 0 Å². The Morgan fingerprint density at radius 3 is 2.67 bits per heavy atom. The lowest BCUT2D eigenvalue weighted by Crippen LogP contribution is -2.26. The van der Waals surface area contributed by atoms with E-state index in [1.807, 2.05) is 0 Å². The van der Waals surface area contributed by atoms with E-state index in [4.69, 9.17) is 10.7 Å². The Morgan fingerprint density at radius 2 is 2.14 bits per heavy atom. The molecule has 1 aliphatic rings. The zero-order chi connectivity index (χ0) is 15.6. The normalized spacial score (nSPS) is 15.4. The second-order valence-corrected chi connectivity index (χ2v) is 8.50. The highest BCUT2D eigenvalue weighted by Gasteiger charge is 2.29. The van der Waals surface area contributed by atoms with Gasteiger partial charge in [0.25, 0.3) is 15.0 Å². The first-order valence-corrected chi connectivity index (χ1v) is 9.54. The lowest BCUT2D eigenvalue weighted by molar-refractivity contribution is 0.0943. The number of hydrogen-bond donors (Lipinski definition) is 1. The van der Waals surface area contributed by atoms with Gasteiger partial charge >= 0.3 is 0 Å². The van der Waals surface area contributed by atoms with Gasteiger partial charge < -0.3 is 9.88 Å². The highest BCUT2D eigenvalue weighted by Crippen LogP contribution is 2.37. The first-order valence-electron chi connectivity index (χ1n) is 7.23. The topological polar surface area (TPSA) is 68.2 Å². The summed E-state index contributed by atoms with van der Waals surface area (Å²) in [6.45, 7) is 4.87. The van der Waals surface area contributed by atoms with Gasteiger partial charge in [-0.3, -0.25) is 4.79 Å². The quantitative estimate of drug-likeness (QED) is 0.616. The fourth-order valence-electron chi connectivity index (χ4n) is 2.23. The Kier molecular flexibility index (Phi) is 4.99. The van der Waals surface area contributed by atoms with Gasteiger partial charge in [0, 0.05) is 29.5 Å². The van der Waals surface area contributed by atoms with Gasteiger partial charge in [0.05, 0.1) is 0 Å². The van der Waals surface area contributed by atoms with Crippen molar-refractivity contribution in [1.29, 1.82) is 0 Å². The van der Waals surface area contributed by atoms with Crippen LogP contribution in [0.2, 0.25) is 0 Å². The van der Waals surface area contributed by atoms with Crippen LogP contribution in [0.3, 0.4) is 0 Å². The Hall–Kier alpha value is -1.01. The molecule has 0 atom stereocenters. The molecule has 1 N–H and O–H groups in total. The molecule has 0 spiro atoms. The van der Waals surface area contributed by atoms with Crippen molar-refractivity contribution in [2.45, 2.75) is 50.5 Å². The first kappa shape index (κ1) is 16.4. The zero-order valence-corrected chi connectivity index (χ0v) is 13.9. The fraction of sp³-hybridized carbons (Fsp3) is 0.643. The number of nitrogens with zero attached hydrogens (tertiary/aromatic N) is 1. The molecule has 5 nitrogen and oxygen atoms in total. The number of halogens is 1. The van der Waals surface area contributed by atoms with E-state index in [9.17, 15) is 13.2 Å². The van der Waals surface area contributed by atoms with Crippen molar-refractivity contribution < 1.29 is 13.2 Å². The highest BCUT2D eigenvalue weighted by atomic mass is 35.7. The largest absolute Gasteiger partial charge is 0.351 e. The zero-order valence-electron chi connectivity index (χ0n) is 12.3. The van der Waals surface area contributed by atoms with E-state index < -0.39 is 9.05 Å². The smallest absolute Gasteiger partial charge is 0.267 e. The third-order valence-electron chi connectivity index (χ3n) is 3.52. The molecule has 1 aliphatic carbocycles. The van der Waals surface area contributed by atoms with Crippen molar-refractivity contribution >= 4 is 25.6 Å². The fourth-order valence-corrected chi connectivity index (χ4v) is 2.97. The Morgan fingerprint density at radius 1 is 1.48 bits per heavy atom. The number of amides is 1. The van der Waals surface area contributed by atoms with E-state index in [-0.39, 0.29) is 16.8 Å². The summed E-state index contributed by atoms with van der Waals surface area (Å²) in [6, 6.07) is 1.58. The summed E-state index contributed by atoms with van der Waals surface area (Å²) in [7, 11) is 1.55. The molecular formula is C14H21ClN2O3S. The van der Waals surface area contributed by atoms with E-state index in [2.05, 4.69) is 19.2 Å². The SMILES string of the molecule is CC(C)CCCNC(=O)c1cc(S(=O)(=O)Cl)cn1C1CC1. The van der Waals surface area contributed by atoms with Crippen LogP contribution in [0, 0.1) is 5.92 Å². The average molecular weight is 333 g/mol. The van der Waals surface area contributed by atoms with Crippen LogP contribution in [-0.4, -0.2) is 25.4 Å². The number of carbonyl (C=O) groups excluding carboxylic acids is 1. The monoisotopic (exact) mass is 332 g/mol. The van der Waals surface area contributed by atoms with Gasteiger partial charge in [-0.2, -0.15) is 0 Å². The molecule has 1 aromatic rings. The first-order chi connectivity index (χ1) is 9.79. The summed E-state index contributed by atoms with van der Waals surface area (Å²) in [5, 5.41) is 2.84. The highest BCUT2D eigenvalue weighted by molar-refractivity contribution is 8.13. The maximum Gasteiger partial charge on any atom is 0.267 e. The molecule has 1 amide bonds. The lowest BCUT2D eigenvalue weighted by Gasteiger charge is -2.09. The van der Waals surface area contributed by atoms with Crippen molar-refractivity contribution in [2.24, 2.45) is 5.92 Å².